The molecule has 0 fully saturated rings. The molecule has 1 rings (SSSR count). The maximum Gasteiger partial charge on any atom is 0.135 e. The van der Waals surface area contributed by atoms with Crippen LogP contribution < -0.4 is 0 Å². The number of carbonyl (C=O) groups is 1. The number of ketones is 1. The minimum atomic E-state index is 0.150. The summed E-state index contributed by atoms with van der Waals surface area (Å²) >= 11 is 0. The van der Waals surface area contributed by atoms with E-state index in [1.54, 1.807) is 11.9 Å². The van der Waals surface area contributed by atoms with Crippen LogP contribution in [0.15, 0.2) is 35.4 Å². The topological polar surface area (TPSA) is 32.7 Å². The van der Waals surface area contributed by atoms with Gasteiger partial charge in [0, 0.05) is 32.6 Å². The lowest BCUT2D eigenvalue weighted by Crippen LogP contribution is -2.14. The average molecular weight is 218 g/mol. The Kier molecular flexibility index (Phi) is 4.70. The van der Waals surface area contributed by atoms with Gasteiger partial charge < -0.3 is 5.01 Å². The third-order valence-electron chi connectivity index (χ3n) is 2.05. The summed E-state index contributed by atoms with van der Waals surface area (Å²) < 4.78 is 0. The van der Waals surface area contributed by atoms with Crippen LogP contribution in [0.3, 0.4) is 0 Å². The van der Waals surface area contributed by atoms with E-state index >= 15 is 0 Å². The Hall–Kier alpha value is -1.64. The highest BCUT2D eigenvalue weighted by Crippen LogP contribution is 2.04. The van der Waals surface area contributed by atoms with E-state index in [1.807, 2.05) is 44.4 Å². The van der Waals surface area contributed by atoms with E-state index in [0.717, 1.165) is 12.1 Å². The summed E-state index contributed by atoms with van der Waals surface area (Å²) in [5, 5.41) is 6.08. The molecule has 0 spiro atoms. The first-order valence-electron chi connectivity index (χ1n) is 5.35. The molecule has 0 saturated carbocycles. The smallest absolute Gasteiger partial charge is 0.135 e. The fourth-order valence-corrected chi connectivity index (χ4v) is 1.53. The molecule has 0 aliphatic heterocycles. The predicted molar refractivity (Wildman–Crippen MR) is 66.6 cm³/mol. The summed E-state index contributed by atoms with van der Waals surface area (Å²) in [4.78, 5) is 11.1. The van der Waals surface area contributed by atoms with Crippen LogP contribution in [0.2, 0.25) is 0 Å². The van der Waals surface area contributed by atoms with Crippen molar-refractivity contribution < 1.29 is 4.79 Å². The first-order chi connectivity index (χ1) is 7.58. The van der Waals surface area contributed by atoms with Crippen LogP contribution in [-0.4, -0.2) is 30.6 Å². The van der Waals surface area contributed by atoms with E-state index in [-0.39, 0.29) is 5.78 Å². The average Bonchev–Trinajstić information content (AvgIpc) is 2.16. The molecular weight excluding hydrogens is 200 g/mol. The van der Waals surface area contributed by atoms with Gasteiger partial charge >= 0.3 is 0 Å². The van der Waals surface area contributed by atoms with E-state index in [2.05, 4.69) is 5.10 Å². The Balaban J connectivity index is 2.75. The van der Waals surface area contributed by atoms with Crippen molar-refractivity contribution in [3.8, 4) is 0 Å². The molecule has 0 atom stereocenters. The monoisotopic (exact) mass is 218 g/mol. The summed E-state index contributed by atoms with van der Waals surface area (Å²) in [7, 11) is 3.73. The van der Waals surface area contributed by atoms with Gasteiger partial charge in [-0.1, -0.05) is 30.3 Å². The Morgan fingerprint density at radius 3 is 2.38 bits per heavy atom. The van der Waals surface area contributed by atoms with E-state index in [0.29, 0.717) is 6.42 Å². The molecule has 3 heteroatoms. The third kappa shape index (κ3) is 4.73. The number of Topliss-reactive ketones (excluding diaryl/α,β-unsaturated/α-hetero) is 1. The van der Waals surface area contributed by atoms with Crippen LogP contribution in [0.1, 0.15) is 18.9 Å². The molecule has 3 nitrogen and oxygen atoms in total. The first-order valence-corrected chi connectivity index (χ1v) is 5.35. The molecule has 16 heavy (non-hydrogen) atoms. The van der Waals surface area contributed by atoms with E-state index in [9.17, 15) is 4.79 Å². The van der Waals surface area contributed by atoms with E-state index < -0.39 is 0 Å². The summed E-state index contributed by atoms with van der Waals surface area (Å²) in [6.45, 7) is 1.59. The number of hydrogen-bond acceptors (Lipinski definition) is 3. The number of carbonyl (C=O) groups excluding carboxylic acids is 1. The molecule has 0 heterocycles. The van der Waals surface area contributed by atoms with Crippen LogP contribution in [0.5, 0.6) is 0 Å². The highest BCUT2D eigenvalue weighted by Gasteiger charge is 2.05. The van der Waals surface area contributed by atoms with Gasteiger partial charge in [-0.15, -0.1) is 0 Å². The van der Waals surface area contributed by atoms with Gasteiger partial charge in [0.2, 0.25) is 0 Å². The molecule has 0 N–H and O–H groups in total. The second-order valence-electron chi connectivity index (χ2n) is 4.05. The maximum atomic E-state index is 11.1. The number of benzene rings is 1. The number of rotatable bonds is 5. The Morgan fingerprint density at radius 2 is 1.88 bits per heavy atom. The molecule has 0 radical (unpaired) electrons. The van der Waals surface area contributed by atoms with Gasteiger partial charge in [0.25, 0.3) is 0 Å². The second-order valence-corrected chi connectivity index (χ2v) is 4.05. The Bertz CT molecular complexity index is 369. The van der Waals surface area contributed by atoms with Crippen LogP contribution >= 0.6 is 0 Å². The summed E-state index contributed by atoms with van der Waals surface area (Å²) in [6, 6.07) is 10.1. The lowest BCUT2D eigenvalue weighted by Gasteiger charge is -2.10. The van der Waals surface area contributed by atoms with Gasteiger partial charge in [-0.25, -0.2) is 0 Å². The van der Waals surface area contributed by atoms with Crippen molar-refractivity contribution in [2.24, 2.45) is 5.10 Å². The van der Waals surface area contributed by atoms with Gasteiger partial charge in [0.05, 0.1) is 0 Å². The van der Waals surface area contributed by atoms with Crippen LogP contribution in [0.25, 0.3) is 0 Å². The standard InChI is InChI=1S/C13H18N2O/c1-11(16)9-13(14-15(2)3)10-12-7-5-4-6-8-12/h4-8H,9-10H2,1-3H3. The molecule has 0 saturated heterocycles. The zero-order chi connectivity index (χ0) is 12.0. The molecule has 0 aliphatic carbocycles. The van der Waals surface area contributed by atoms with Crippen molar-refractivity contribution in [1.82, 2.24) is 5.01 Å². The largest absolute Gasteiger partial charge is 0.303 e. The summed E-state index contributed by atoms with van der Waals surface area (Å²) in [5.74, 6) is 0.150. The fourth-order valence-electron chi connectivity index (χ4n) is 1.53. The zero-order valence-corrected chi connectivity index (χ0v) is 10.1. The molecule has 86 valence electrons. The predicted octanol–water partition coefficient (Wildman–Crippen LogP) is 2.13. The Labute approximate surface area is 96.8 Å². The van der Waals surface area contributed by atoms with Crippen molar-refractivity contribution in [3.05, 3.63) is 35.9 Å². The fraction of sp³-hybridized carbons (Fsp3) is 0.385. The third-order valence-corrected chi connectivity index (χ3v) is 2.05. The summed E-state index contributed by atoms with van der Waals surface area (Å²) in [5.41, 5.74) is 2.09. The molecule has 0 amide bonds. The van der Waals surface area contributed by atoms with Gasteiger partial charge in [-0.05, 0) is 12.5 Å². The first kappa shape index (κ1) is 12.4. The van der Waals surface area contributed by atoms with Gasteiger partial charge in [0.1, 0.15) is 5.78 Å². The maximum absolute atomic E-state index is 11.1. The van der Waals surface area contributed by atoms with Crippen molar-refractivity contribution in [2.75, 3.05) is 14.1 Å². The Morgan fingerprint density at radius 1 is 1.25 bits per heavy atom. The quantitative estimate of drug-likeness (QED) is 0.560. The zero-order valence-electron chi connectivity index (χ0n) is 10.1. The van der Waals surface area contributed by atoms with Gasteiger partial charge in [-0.3, -0.25) is 4.79 Å². The highest BCUT2D eigenvalue weighted by molar-refractivity contribution is 6.01. The van der Waals surface area contributed by atoms with E-state index in [1.165, 1.54) is 5.56 Å². The molecule has 0 aliphatic rings. The summed E-state index contributed by atoms with van der Waals surface area (Å²) in [6.07, 6.45) is 1.16. The molecule has 0 unspecified atom stereocenters. The number of nitrogens with zero attached hydrogens (tertiary/aromatic N) is 2. The van der Waals surface area contributed by atoms with Crippen molar-refractivity contribution in [1.29, 1.82) is 0 Å². The van der Waals surface area contributed by atoms with Crippen LogP contribution in [0, 0.1) is 0 Å². The highest BCUT2D eigenvalue weighted by atomic mass is 16.1. The molecule has 1 aromatic carbocycles. The van der Waals surface area contributed by atoms with Crippen molar-refractivity contribution in [3.63, 3.8) is 0 Å². The molecule has 0 aromatic heterocycles. The number of hydrogen-bond donors (Lipinski definition) is 0. The minimum absolute atomic E-state index is 0.150. The van der Waals surface area contributed by atoms with Crippen LogP contribution in [-0.2, 0) is 11.2 Å². The minimum Gasteiger partial charge on any atom is -0.303 e. The number of hydrazone groups is 1. The van der Waals surface area contributed by atoms with Crippen molar-refractivity contribution >= 4 is 11.5 Å². The lowest BCUT2D eigenvalue weighted by atomic mass is 10.1. The molecular formula is C13H18N2O. The second kappa shape index (κ2) is 6.05. The van der Waals surface area contributed by atoms with Gasteiger partial charge in [-0.2, -0.15) is 5.10 Å². The normalized spacial score (nSPS) is 11.3. The van der Waals surface area contributed by atoms with Gasteiger partial charge in [0.15, 0.2) is 0 Å². The SMILES string of the molecule is CC(=O)CC(Cc1ccccc1)=NN(C)C. The van der Waals surface area contributed by atoms with Crippen LogP contribution in [0.4, 0.5) is 0 Å². The van der Waals surface area contributed by atoms with E-state index in [4.69, 9.17) is 0 Å². The molecule has 1 aromatic rings. The molecule has 0 bridgehead atoms. The van der Waals surface area contributed by atoms with Crippen molar-refractivity contribution in [2.45, 2.75) is 19.8 Å². The lowest BCUT2D eigenvalue weighted by molar-refractivity contribution is -0.115.